The second-order valence-corrected chi connectivity index (χ2v) is 3.21. The van der Waals surface area contributed by atoms with E-state index in [1.807, 2.05) is 0 Å². The van der Waals surface area contributed by atoms with Crippen molar-refractivity contribution in [2.24, 2.45) is 0 Å². The maximum absolute atomic E-state index is 3.39. The molecule has 2 aliphatic rings. The van der Waals surface area contributed by atoms with Gasteiger partial charge in [-0.15, -0.1) is 0 Å². The van der Waals surface area contributed by atoms with E-state index in [9.17, 15) is 0 Å². The molecule has 2 heterocycles. The number of nitrogens with one attached hydrogen (secondary N) is 1. The molecule has 1 radical (unpaired) electrons. The zero-order valence-corrected chi connectivity index (χ0v) is 6.34. The number of hydrogen-bond donors (Lipinski definition) is 1. The molecule has 0 amide bonds. The molecule has 0 bridgehead atoms. The Kier molecular flexibility index (Phi) is 1.91. The molecule has 0 aromatic heterocycles. The van der Waals surface area contributed by atoms with E-state index in [2.05, 4.69) is 16.8 Å². The van der Waals surface area contributed by atoms with Crippen LogP contribution in [0.4, 0.5) is 0 Å². The Labute approximate surface area is 62.6 Å². The van der Waals surface area contributed by atoms with Crippen molar-refractivity contribution in [3.8, 4) is 0 Å². The quantitative estimate of drug-likeness (QED) is 0.572. The van der Waals surface area contributed by atoms with Crippen LogP contribution in [0.15, 0.2) is 0 Å². The third kappa shape index (κ3) is 1.18. The predicted octanol–water partition coefficient (Wildman–Crippen LogP) is 0.606. The van der Waals surface area contributed by atoms with Gasteiger partial charge in [0, 0.05) is 19.1 Å². The van der Waals surface area contributed by atoms with E-state index in [4.69, 9.17) is 0 Å². The molecule has 0 aliphatic carbocycles. The van der Waals surface area contributed by atoms with E-state index in [0.29, 0.717) is 0 Å². The fraction of sp³-hybridized carbons (Fsp3) is 0.875. The maximum Gasteiger partial charge on any atom is 0.0255 e. The summed E-state index contributed by atoms with van der Waals surface area (Å²) in [6, 6.07) is 0.822. The zero-order chi connectivity index (χ0) is 6.81. The lowest BCUT2D eigenvalue weighted by atomic mass is 10.2. The van der Waals surface area contributed by atoms with Gasteiger partial charge in [-0.05, 0) is 32.4 Å². The van der Waals surface area contributed by atoms with E-state index < -0.39 is 0 Å². The van der Waals surface area contributed by atoms with Gasteiger partial charge in [-0.1, -0.05) is 0 Å². The lowest BCUT2D eigenvalue weighted by Crippen LogP contribution is -2.31. The van der Waals surface area contributed by atoms with Gasteiger partial charge in [0.25, 0.3) is 0 Å². The first-order chi connectivity index (χ1) is 4.97. The van der Waals surface area contributed by atoms with E-state index in [0.717, 1.165) is 6.04 Å². The van der Waals surface area contributed by atoms with Gasteiger partial charge >= 0.3 is 0 Å². The minimum absolute atomic E-state index is 0.822. The molecule has 0 spiro atoms. The van der Waals surface area contributed by atoms with Crippen molar-refractivity contribution in [1.82, 2.24) is 10.2 Å². The minimum atomic E-state index is 0.822. The first kappa shape index (κ1) is 6.62. The topological polar surface area (TPSA) is 15.3 Å². The summed E-state index contributed by atoms with van der Waals surface area (Å²) in [7, 11) is 0. The lowest BCUT2D eigenvalue weighted by Gasteiger charge is -2.21. The summed E-state index contributed by atoms with van der Waals surface area (Å²) in [6.07, 6.45) is 4.02. The summed E-state index contributed by atoms with van der Waals surface area (Å²) in [5, 5.41) is 3.39. The molecule has 1 N–H and O–H groups in total. The monoisotopic (exact) mass is 139 g/mol. The van der Waals surface area contributed by atoms with Crippen LogP contribution >= 0.6 is 0 Å². The van der Waals surface area contributed by atoms with Gasteiger partial charge < -0.3 is 5.32 Å². The molecule has 0 saturated carbocycles. The molecule has 2 aliphatic heterocycles. The molecule has 0 aromatic carbocycles. The normalized spacial score (nSPS) is 35.4. The van der Waals surface area contributed by atoms with E-state index in [-0.39, 0.29) is 0 Å². The van der Waals surface area contributed by atoms with Crippen molar-refractivity contribution < 1.29 is 0 Å². The van der Waals surface area contributed by atoms with Crippen molar-refractivity contribution in [3.05, 3.63) is 6.54 Å². The molecule has 57 valence electrons. The van der Waals surface area contributed by atoms with Crippen molar-refractivity contribution >= 4 is 0 Å². The van der Waals surface area contributed by atoms with E-state index >= 15 is 0 Å². The SMILES string of the molecule is [CH]1CCCN1C1CCNC1. The summed E-state index contributed by atoms with van der Waals surface area (Å²) in [5.74, 6) is 0. The van der Waals surface area contributed by atoms with Crippen LogP contribution in [0, 0.1) is 6.54 Å². The Bertz CT molecular complexity index is 87.8. The van der Waals surface area contributed by atoms with E-state index in [1.165, 1.54) is 38.9 Å². The van der Waals surface area contributed by atoms with Crippen LogP contribution in [-0.4, -0.2) is 30.6 Å². The molecule has 2 saturated heterocycles. The minimum Gasteiger partial charge on any atom is -0.315 e. The second-order valence-electron chi connectivity index (χ2n) is 3.21. The standard InChI is InChI=1S/C8H15N2/c1-2-6-10(5-1)8-3-4-9-7-8/h5,8-9H,1-4,6-7H2. The first-order valence-corrected chi connectivity index (χ1v) is 4.26. The fourth-order valence-electron chi connectivity index (χ4n) is 1.88. The largest absolute Gasteiger partial charge is 0.315 e. The van der Waals surface area contributed by atoms with Crippen LogP contribution < -0.4 is 5.32 Å². The Morgan fingerprint density at radius 1 is 1.50 bits per heavy atom. The molecule has 2 rings (SSSR count). The third-order valence-corrected chi connectivity index (χ3v) is 2.49. The summed E-state index contributed by atoms with van der Waals surface area (Å²) in [5.41, 5.74) is 0. The lowest BCUT2D eigenvalue weighted by molar-refractivity contribution is 0.297. The molecule has 1 atom stereocenters. The van der Waals surface area contributed by atoms with Crippen molar-refractivity contribution in [1.29, 1.82) is 0 Å². The van der Waals surface area contributed by atoms with Crippen molar-refractivity contribution in [2.75, 3.05) is 19.6 Å². The van der Waals surface area contributed by atoms with Crippen LogP contribution in [0.1, 0.15) is 19.3 Å². The van der Waals surface area contributed by atoms with Crippen LogP contribution in [0.2, 0.25) is 0 Å². The van der Waals surface area contributed by atoms with Crippen LogP contribution in [0.25, 0.3) is 0 Å². The molecule has 2 heteroatoms. The highest BCUT2D eigenvalue weighted by molar-refractivity contribution is 4.88. The highest BCUT2D eigenvalue weighted by atomic mass is 15.2. The number of hydrogen-bond acceptors (Lipinski definition) is 2. The number of rotatable bonds is 1. The van der Waals surface area contributed by atoms with E-state index in [1.54, 1.807) is 0 Å². The molecule has 0 aromatic rings. The van der Waals surface area contributed by atoms with Gasteiger partial charge in [-0.25, -0.2) is 0 Å². The summed E-state index contributed by atoms with van der Waals surface area (Å²) < 4.78 is 0. The van der Waals surface area contributed by atoms with Gasteiger partial charge in [0.05, 0.1) is 0 Å². The number of nitrogens with zero attached hydrogens (tertiary/aromatic N) is 1. The first-order valence-electron chi connectivity index (χ1n) is 4.26. The molecule has 2 fully saturated rings. The van der Waals surface area contributed by atoms with Crippen molar-refractivity contribution in [3.63, 3.8) is 0 Å². The van der Waals surface area contributed by atoms with Crippen molar-refractivity contribution in [2.45, 2.75) is 25.3 Å². The average molecular weight is 139 g/mol. The second kappa shape index (κ2) is 2.89. The predicted molar refractivity (Wildman–Crippen MR) is 41.5 cm³/mol. The highest BCUT2D eigenvalue weighted by Gasteiger charge is 2.24. The Hall–Kier alpha value is -0.0800. The molecular formula is C8H15N2. The zero-order valence-electron chi connectivity index (χ0n) is 6.34. The summed E-state index contributed by atoms with van der Waals surface area (Å²) in [4.78, 5) is 2.51. The summed E-state index contributed by atoms with van der Waals surface area (Å²) >= 11 is 0. The Morgan fingerprint density at radius 2 is 2.50 bits per heavy atom. The highest BCUT2D eigenvalue weighted by Crippen LogP contribution is 2.18. The van der Waals surface area contributed by atoms with Gasteiger partial charge in [-0.3, -0.25) is 4.90 Å². The third-order valence-electron chi connectivity index (χ3n) is 2.49. The fourth-order valence-corrected chi connectivity index (χ4v) is 1.88. The molecule has 2 nitrogen and oxygen atoms in total. The smallest absolute Gasteiger partial charge is 0.0255 e. The molecule has 1 unspecified atom stereocenters. The van der Waals surface area contributed by atoms with Gasteiger partial charge in [0.2, 0.25) is 0 Å². The Balaban J connectivity index is 1.85. The van der Waals surface area contributed by atoms with Gasteiger partial charge in [-0.2, -0.15) is 0 Å². The average Bonchev–Trinajstić information content (AvgIpc) is 2.59. The Morgan fingerprint density at radius 3 is 3.10 bits per heavy atom. The number of likely N-dealkylation sites (tertiary alicyclic amines) is 1. The van der Waals surface area contributed by atoms with Crippen LogP contribution in [0.5, 0.6) is 0 Å². The summed E-state index contributed by atoms with van der Waals surface area (Å²) in [6.45, 7) is 6.09. The maximum atomic E-state index is 3.39. The molecule has 10 heavy (non-hydrogen) atoms. The van der Waals surface area contributed by atoms with Gasteiger partial charge in [0.1, 0.15) is 0 Å². The van der Waals surface area contributed by atoms with Gasteiger partial charge in [0.15, 0.2) is 0 Å². The molecular weight excluding hydrogens is 124 g/mol. The van der Waals surface area contributed by atoms with Crippen LogP contribution in [0.3, 0.4) is 0 Å². The van der Waals surface area contributed by atoms with Crippen LogP contribution in [-0.2, 0) is 0 Å².